The SMILES string of the molecule is O=[N+]([O-])c1ccc(O)c(C=Nc2ccc(F)c(Cl)c2)c1. The number of non-ortho nitro benzene ring substituents is 1. The quantitative estimate of drug-likeness (QED) is 0.531. The Morgan fingerprint density at radius 2 is 2.05 bits per heavy atom. The molecule has 0 aromatic heterocycles. The van der Waals surface area contributed by atoms with E-state index in [-0.39, 0.29) is 22.0 Å². The lowest BCUT2D eigenvalue weighted by atomic mass is 10.2. The predicted octanol–water partition coefficient (Wildman–Crippen LogP) is 3.84. The van der Waals surface area contributed by atoms with Gasteiger partial charge in [0.05, 0.1) is 15.6 Å². The first-order valence-electron chi connectivity index (χ1n) is 5.44. The Morgan fingerprint density at radius 1 is 1.30 bits per heavy atom. The minimum atomic E-state index is -0.578. The smallest absolute Gasteiger partial charge is 0.270 e. The Morgan fingerprint density at radius 3 is 2.70 bits per heavy atom. The van der Waals surface area contributed by atoms with Gasteiger partial charge in [-0.3, -0.25) is 15.1 Å². The molecule has 0 aliphatic carbocycles. The van der Waals surface area contributed by atoms with Crippen LogP contribution in [0.1, 0.15) is 5.56 Å². The molecule has 0 saturated heterocycles. The molecular weight excluding hydrogens is 287 g/mol. The highest BCUT2D eigenvalue weighted by Crippen LogP contribution is 2.24. The largest absolute Gasteiger partial charge is 0.507 e. The highest BCUT2D eigenvalue weighted by atomic mass is 35.5. The van der Waals surface area contributed by atoms with E-state index in [1.807, 2.05) is 0 Å². The number of benzene rings is 2. The Kier molecular flexibility index (Phi) is 3.95. The zero-order valence-electron chi connectivity index (χ0n) is 9.96. The lowest BCUT2D eigenvalue weighted by molar-refractivity contribution is -0.384. The van der Waals surface area contributed by atoms with Gasteiger partial charge in [-0.2, -0.15) is 0 Å². The molecule has 2 rings (SSSR count). The van der Waals surface area contributed by atoms with Crippen molar-refractivity contribution in [3.8, 4) is 5.75 Å². The number of rotatable bonds is 3. The number of hydrogen-bond donors (Lipinski definition) is 1. The molecule has 7 heteroatoms. The Labute approximate surface area is 118 Å². The van der Waals surface area contributed by atoms with Crippen LogP contribution in [0, 0.1) is 15.9 Å². The van der Waals surface area contributed by atoms with Gasteiger partial charge in [0.15, 0.2) is 0 Å². The van der Waals surface area contributed by atoms with Crippen LogP contribution in [0.25, 0.3) is 0 Å². The number of hydrogen-bond acceptors (Lipinski definition) is 4. The van der Waals surface area contributed by atoms with Crippen LogP contribution in [-0.4, -0.2) is 16.2 Å². The number of nitro benzene ring substituents is 1. The van der Waals surface area contributed by atoms with Gasteiger partial charge in [-0.25, -0.2) is 4.39 Å². The van der Waals surface area contributed by atoms with E-state index in [1.54, 1.807) is 0 Å². The molecule has 0 aliphatic heterocycles. The molecule has 0 saturated carbocycles. The van der Waals surface area contributed by atoms with Crippen molar-refractivity contribution in [3.05, 3.63) is 62.9 Å². The summed E-state index contributed by atoms with van der Waals surface area (Å²) in [7, 11) is 0. The van der Waals surface area contributed by atoms with Crippen LogP contribution in [0.4, 0.5) is 15.8 Å². The molecule has 2 aromatic rings. The summed E-state index contributed by atoms with van der Waals surface area (Å²) in [6.07, 6.45) is 1.24. The van der Waals surface area contributed by atoms with E-state index in [0.29, 0.717) is 5.69 Å². The molecule has 0 aliphatic rings. The molecule has 0 spiro atoms. The summed E-state index contributed by atoms with van der Waals surface area (Å²) in [5.41, 5.74) is 0.378. The molecule has 0 heterocycles. The van der Waals surface area contributed by atoms with E-state index >= 15 is 0 Å². The van der Waals surface area contributed by atoms with Gasteiger partial charge in [0.2, 0.25) is 0 Å². The normalized spacial score (nSPS) is 10.9. The van der Waals surface area contributed by atoms with Crippen molar-refractivity contribution in [2.45, 2.75) is 0 Å². The summed E-state index contributed by atoms with van der Waals surface area (Å²) in [6, 6.07) is 7.43. The maximum atomic E-state index is 13.0. The zero-order valence-corrected chi connectivity index (χ0v) is 10.7. The molecule has 2 aromatic carbocycles. The third kappa shape index (κ3) is 3.10. The van der Waals surface area contributed by atoms with Crippen molar-refractivity contribution in [1.82, 2.24) is 0 Å². The van der Waals surface area contributed by atoms with E-state index in [0.717, 1.165) is 6.07 Å². The Balaban J connectivity index is 2.33. The van der Waals surface area contributed by atoms with Crippen molar-refractivity contribution < 1.29 is 14.4 Å². The Bertz CT molecular complexity index is 704. The first-order chi connectivity index (χ1) is 9.47. The van der Waals surface area contributed by atoms with Gasteiger partial charge >= 0.3 is 0 Å². The van der Waals surface area contributed by atoms with Crippen LogP contribution in [0.2, 0.25) is 5.02 Å². The summed E-state index contributed by atoms with van der Waals surface area (Å²) in [4.78, 5) is 14.0. The summed E-state index contributed by atoms with van der Waals surface area (Å²) in [6.45, 7) is 0. The van der Waals surface area contributed by atoms with Gasteiger partial charge in [0.1, 0.15) is 11.6 Å². The summed E-state index contributed by atoms with van der Waals surface area (Å²) in [5, 5.41) is 20.2. The van der Waals surface area contributed by atoms with Crippen molar-refractivity contribution in [2.24, 2.45) is 4.99 Å². The molecule has 0 fully saturated rings. The standard InChI is InChI=1S/C13H8ClFN2O3/c14-11-6-9(1-3-12(11)15)16-7-8-5-10(17(19)20)2-4-13(8)18/h1-7,18H. The van der Waals surface area contributed by atoms with Gasteiger partial charge in [-0.15, -0.1) is 0 Å². The van der Waals surface area contributed by atoms with Gasteiger partial charge in [0.25, 0.3) is 5.69 Å². The van der Waals surface area contributed by atoms with Gasteiger partial charge in [-0.05, 0) is 24.3 Å². The van der Waals surface area contributed by atoms with E-state index in [1.165, 1.54) is 36.5 Å². The molecule has 1 N–H and O–H groups in total. The molecule has 5 nitrogen and oxygen atoms in total. The number of halogens is 2. The second kappa shape index (κ2) is 5.66. The Hall–Kier alpha value is -2.47. The first-order valence-corrected chi connectivity index (χ1v) is 5.81. The molecule has 0 unspecified atom stereocenters. The van der Waals surface area contributed by atoms with Crippen LogP contribution in [0.15, 0.2) is 41.4 Å². The number of phenolic OH excluding ortho intramolecular Hbond substituents is 1. The highest BCUT2D eigenvalue weighted by Gasteiger charge is 2.08. The first kappa shape index (κ1) is 14.0. The topological polar surface area (TPSA) is 75.7 Å². The van der Waals surface area contributed by atoms with E-state index < -0.39 is 10.7 Å². The lowest BCUT2D eigenvalue weighted by Crippen LogP contribution is -1.90. The minimum Gasteiger partial charge on any atom is -0.507 e. The summed E-state index contributed by atoms with van der Waals surface area (Å²) >= 11 is 5.61. The van der Waals surface area contributed by atoms with Crippen LogP contribution in [0.3, 0.4) is 0 Å². The fourth-order valence-electron chi connectivity index (χ4n) is 1.47. The third-order valence-corrected chi connectivity index (χ3v) is 2.77. The average Bonchev–Trinajstić information content (AvgIpc) is 2.41. The maximum absolute atomic E-state index is 13.0. The van der Waals surface area contributed by atoms with Gasteiger partial charge < -0.3 is 5.11 Å². The van der Waals surface area contributed by atoms with Gasteiger partial charge in [0, 0.05) is 23.9 Å². The van der Waals surface area contributed by atoms with Crippen LogP contribution < -0.4 is 0 Å². The fourth-order valence-corrected chi connectivity index (χ4v) is 1.64. The minimum absolute atomic E-state index is 0.0806. The zero-order chi connectivity index (χ0) is 14.7. The molecule has 20 heavy (non-hydrogen) atoms. The molecule has 0 atom stereocenters. The molecule has 0 amide bonds. The highest BCUT2D eigenvalue weighted by molar-refractivity contribution is 6.31. The summed E-state index contributed by atoms with van der Waals surface area (Å²) < 4.78 is 13.0. The number of nitrogens with zero attached hydrogens (tertiary/aromatic N) is 2. The van der Waals surface area contributed by atoms with Crippen LogP contribution in [-0.2, 0) is 0 Å². The number of aromatic hydroxyl groups is 1. The van der Waals surface area contributed by atoms with E-state index in [4.69, 9.17) is 11.6 Å². The molecule has 0 radical (unpaired) electrons. The number of aliphatic imine (C=N–C) groups is 1. The van der Waals surface area contributed by atoms with Crippen molar-refractivity contribution in [1.29, 1.82) is 0 Å². The number of nitro groups is 1. The van der Waals surface area contributed by atoms with Crippen LogP contribution >= 0.6 is 11.6 Å². The van der Waals surface area contributed by atoms with Crippen molar-refractivity contribution in [2.75, 3.05) is 0 Å². The van der Waals surface area contributed by atoms with Gasteiger partial charge in [-0.1, -0.05) is 11.6 Å². The van der Waals surface area contributed by atoms with Crippen molar-refractivity contribution in [3.63, 3.8) is 0 Å². The fraction of sp³-hybridized carbons (Fsp3) is 0. The number of phenols is 1. The lowest BCUT2D eigenvalue weighted by Gasteiger charge is -1.99. The molecule has 0 bridgehead atoms. The van der Waals surface area contributed by atoms with E-state index in [2.05, 4.69) is 4.99 Å². The maximum Gasteiger partial charge on any atom is 0.270 e. The van der Waals surface area contributed by atoms with Crippen LogP contribution in [0.5, 0.6) is 5.75 Å². The second-order valence-corrected chi connectivity index (χ2v) is 4.26. The molecular formula is C13H8ClFN2O3. The average molecular weight is 295 g/mol. The molecule has 102 valence electrons. The van der Waals surface area contributed by atoms with E-state index in [9.17, 15) is 19.6 Å². The predicted molar refractivity (Wildman–Crippen MR) is 73.4 cm³/mol. The monoisotopic (exact) mass is 294 g/mol. The second-order valence-electron chi connectivity index (χ2n) is 3.86. The summed E-state index contributed by atoms with van der Waals surface area (Å²) in [5.74, 6) is -0.712. The third-order valence-electron chi connectivity index (χ3n) is 2.48. The van der Waals surface area contributed by atoms with Crippen molar-refractivity contribution >= 4 is 29.2 Å².